The fourth-order valence-corrected chi connectivity index (χ4v) is 2.98. The van der Waals surface area contributed by atoms with Crippen molar-refractivity contribution < 1.29 is 18.7 Å². The highest BCUT2D eigenvalue weighted by atomic mass is 35.5. The summed E-state index contributed by atoms with van der Waals surface area (Å²) in [7, 11) is 1.60. The summed E-state index contributed by atoms with van der Waals surface area (Å²) in [6.45, 7) is -0.156. The number of nitrogens with zero attached hydrogens (tertiary/aromatic N) is 1. The van der Waals surface area contributed by atoms with Crippen LogP contribution in [0.4, 0.5) is 5.69 Å². The van der Waals surface area contributed by atoms with Crippen molar-refractivity contribution in [2.75, 3.05) is 19.0 Å². The lowest BCUT2D eigenvalue weighted by Crippen LogP contribution is -2.20. The lowest BCUT2D eigenvalue weighted by Gasteiger charge is -2.09. The molecule has 7 heteroatoms. The van der Waals surface area contributed by atoms with Gasteiger partial charge in [0, 0.05) is 17.3 Å². The van der Waals surface area contributed by atoms with E-state index in [1.54, 1.807) is 49.6 Å². The number of carbonyl (C=O) groups is 1. The molecular formula is C22H17ClN2O4. The third-order valence-corrected chi connectivity index (χ3v) is 4.50. The third kappa shape index (κ3) is 4.33. The van der Waals surface area contributed by atoms with E-state index in [0.717, 1.165) is 5.56 Å². The summed E-state index contributed by atoms with van der Waals surface area (Å²) >= 11 is 6.03. The fraction of sp³-hybridized carbons (Fsp3) is 0.0909. The second kappa shape index (κ2) is 8.24. The highest BCUT2D eigenvalue weighted by Crippen LogP contribution is 2.28. The maximum Gasteiger partial charge on any atom is 0.262 e. The molecule has 1 amide bonds. The van der Waals surface area contributed by atoms with Crippen molar-refractivity contribution >= 4 is 34.3 Å². The van der Waals surface area contributed by atoms with Crippen molar-refractivity contribution in [3.63, 3.8) is 0 Å². The number of anilines is 1. The lowest BCUT2D eigenvalue weighted by atomic mass is 10.2. The molecule has 0 aliphatic carbocycles. The first-order valence-electron chi connectivity index (χ1n) is 8.84. The molecule has 0 saturated heterocycles. The number of carbonyl (C=O) groups excluding carboxylic acids is 1. The van der Waals surface area contributed by atoms with E-state index >= 15 is 0 Å². The molecule has 6 nitrogen and oxygen atoms in total. The van der Waals surface area contributed by atoms with Gasteiger partial charge in [0.1, 0.15) is 17.0 Å². The second-order valence-electron chi connectivity index (χ2n) is 6.20. The highest BCUT2D eigenvalue weighted by molar-refractivity contribution is 6.32. The Balaban J connectivity index is 1.47. The van der Waals surface area contributed by atoms with E-state index in [0.29, 0.717) is 39.2 Å². The molecule has 0 radical (unpaired) electrons. The number of halogens is 1. The number of hydrogen-bond donors (Lipinski definition) is 1. The molecule has 4 rings (SSSR count). The van der Waals surface area contributed by atoms with Crippen molar-refractivity contribution in [2.45, 2.75) is 0 Å². The number of benzene rings is 3. The maximum atomic E-state index is 12.2. The van der Waals surface area contributed by atoms with Gasteiger partial charge in [0.05, 0.1) is 12.1 Å². The first-order chi connectivity index (χ1) is 14.1. The third-order valence-electron chi connectivity index (χ3n) is 4.18. The Morgan fingerprint density at radius 3 is 2.79 bits per heavy atom. The number of hydrogen-bond acceptors (Lipinski definition) is 5. The van der Waals surface area contributed by atoms with E-state index in [1.807, 2.05) is 24.3 Å². The average Bonchev–Trinajstić information content (AvgIpc) is 3.17. The SMILES string of the molecule is COc1ccc2oc(-c3cccc(NC(=O)COc4ccccc4Cl)c3)nc2c1. The first kappa shape index (κ1) is 18.8. The number of methoxy groups -OCH3 is 1. The molecule has 0 spiro atoms. The smallest absolute Gasteiger partial charge is 0.262 e. The van der Waals surface area contributed by atoms with Crippen LogP contribution in [-0.2, 0) is 4.79 Å². The summed E-state index contributed by atoms with van der Waals surface area (Å²) in [4.78, 5) is 16.7. The molecule has 1 N–H and O–H groups in total. The molecule has 0 bridgehead atoms. The van der Waals surface area contributed by atoms with Crippen LogP contribution in [0.15, 0.2) is 71.1 Å². The number of amides is 1. The van der Waals surface area contributed by atoms with Gasteiger partial charge in [-0.25, -0.2) is 4.98 Å². The minimum atomic E-state index is -0.302. The molecule has 0 atom stereocenters. The van der Waals surface area contributed by atoms with Gasteiger partial charge in [-0.1, -0.05) is 29.8 Å². The molecule has 1 heterocycles. The largest absolute Gasteiger partial charge is 0.497 e. The number of nitrogens with one attached hydrogen (secondary N) is 1. The van der Waals surface area contributed by atoms with Crippen LogP contribution in [0.2, 0.25) is 5.02 Å². The van der Waals surface area contributed by atoms with Crippen molar-refractivity contribution in [3.8, 4) is 23.0 Å². The topological polar surface area (TPSA) is 73.6 Å². The van der Waals surface area contributed by atoms with Gasteiger partial charge in [-0.2, -0.15) is 0 Å². The molecule has 1 aromatic heterocycles. The van der Waals surface area contributed by atoms with Crippen LogP contribution in [0.5, 0.6) is 11.5 Å². The van der Waals surface area contributed by atoms with E-state index in [2.05, 4.69) is 10.3 Å². The van der Waals surface area contributed by atoms with E-state index in [1.165, 1.54) is 0 Å². The summed E-state index contributed by atoms with van der Waals surface area (Å²) in [5, 5.41) is 3.25. The zero-order valence-corrected chi connectivity index (χ0v) is 16.3. The van der Waals surface area contributed by atoms with Gasteiger partial charge in [0.2, 0.25) is 5.89 Å². The Morgan fingerprint density at radius 1 is 1.10 bits per heavy atom. The number of rotatable bonds is 6. The van der Waals surface area contributed by atoms with E-state index in [9.17, 15) is 4.79 Å². The number of fused-ring (bicyclic) bond motifs is 1. The summed E-state index contributed by atoms with van der Waals surface area (Å²) in [5.74, 6) is 1.32. The molecule has 0 unspecified atom stereocenters. The molecule has 0 saturated carbocycles. The van der Waals surface area contributed by atoms with Crippen LogP contribution in [0.1, 0.15) is 0 Å². The maximum absolute atomic E-state index is 12.2. The van der Waals surface area contributed by atoms with Gasteiger partial charge in [0.15, 0.2) is 12.2 Å². The van der Waals surface area contributed by atoms with Gasteiger partial charge >= 0.3 is 0 Å². The van der Waals surface area contributed by atoms with E-state index in [-0.39, 0.29) is 12.5 Å². The highest BCUT2D eigenvalue weighted by Gasteiger charge is 2.11. The van der Waals surface area contributed by atoms with Crippen molar-refractivity contribution in [3.05, 3.63) is 71.8 Å². The Labute approximate surface area is 172 Å². The molecular weight excluding hydrogens is 392 g/mol. The Morgan fingerprint density at radius 2 is 1.97 bits per heavy atom. The molecule has 0 aliphatic heterocycles. The molecule has 4 aromatic rings. The van der Waals surface area contributed by atoms with Crippen molar-refractivity contribution in [1.29, 1.82) is 0 Å². The molecule has 0 aliphatic rings. The fourth-order valence-electron chi connectivity index (χ4n) is 2.79. The van der Waals surface area contributed by atoms with Gasteiger partial charge in [-0.05, 0) is 42.5 Å². The molecule has 146 valence electrons. The predicted octanol–water partition coefficient (Wildman–Crippen LogP) is 5.17. The molecule has 0 fully saturated rings. The number of aromatic nitrogens is 1. The zero-order valence-electron chi connectivity index (χ0n) is 15.5. The molecule has 29 heavy (non-hydrogen) atoms. The number of oxazole rings is 1. The van der Waals surface area contributed by atoms with Crippen LogP contribution in [0.25, 0.3) is 22.6 Å². The minimum Gasteiger partial charge on any atom is -0.497 e. The Hall–Kier alpha value is -3.51. The number of para-hydroxylation sites is 1. The summed E-state index contributed by atoms with van der Waals surface area (Å²) in [5.41, 5.74) is 2.70. The first-order valence-corrected chi connectivity index (χ1v) is 9.22. The van der Waals surface area contributed by atoms with Gasteiger partial charge in [-0.3, -0.25) is 4.79 Å². The van der Waals surface area contributed by atoms with Crippen LogP contribution in [0, 0.1) is 0 Å². The zero-order chi connectivity index (χ0) is 20.2. The van der Waals surface area contributed by atoms with Crippen LogP contribution < -0.4 is 14.8 Å². The summed E-state index contributed by atoms with van der Waals surface area (Å²) in [6.07, 6.45) is 0. The lowest BCUT2D eigenvalue weighted by molar-refractivity contribution is -0.118. The standard InChI is InChI=1S/C22H17ClN2O4/c1-27-16-9-10-20-18(12-16)25-22(29-20)14-5-4-6-15(11-14)24-21(26)13-28-19-8-3-2-7-17(19)23/h2-12H,13H2,1H3,(H,24,26). The van der Waals surface area contributed by atoms with Crippen LogP contribution in [0.3, 0.4) is 0 Å². The van der Waals surface area contributed by atoms with E-state index in [4.69, 9.17) is 25.5 Å². The van der Waals surface area contributed by atoms with E-state index < -0.39 is 0 Å². The van der Waals surface area contributed by atoms with Gasteiger partial charge in [-0.15, -0.1) is 0 Å². The Kier molecular flexibility index (Phi) is 5.35. The van der Waals surface area contributed by atoms with Gasteiger partial charge in [0.25, 0.3) is 5.91 Å². The monoisotopic (exact) mass is 408 g/mol. The quantitative estimate of drug-likeness (QED) is 0.476. The van der Waals surface area contributed by atoms with Crippen LogP contribution in [-0.4, -0.2) is 24.6 Å². The van der Waals surface area contributed by atoms with Crippen molar-refractivity contribution in [2.24, 2.45) is 0 Å². The second-order valence-corrected chi connectivity index (χ2v) is 6.61. The normalized spacial score (nSPS) is 10.7. The van der Waals surface area contributed by atoms with Gasteiger partial charge < -0.3 is 19.2 Å². The minimum absolute atomic E-state index is 0.156. The molecule has 3 aromatic carbocycles. The predicted molar refractivity (Wildman–Crippen MR) is 112 cm³/mol. The van der Waals surface area contributed by atoms with Crippen LogP contribution >= 0.6 is 11.6 Å². The van der Waals surface area contributed by atoms with Crippen molar-refractivity contribution in [1.82, 2.24) is 4.98 Å². The number of ether oxygens (including phenoxy) is 2. The Bertz CT molecular complexity index is 1170. The summed E-state index contributed by atoms with van der Waals surface area (Å²) in [6, 6.07) is 19.7. The average molecular weight is 409 g/mol. The summed E-state index contributed by atoms with van der Waals surface area (Å²) < 4.78 is 16.5.